The molecule has 0 unspecified atom stereocenters. The fourth-order valence-electron chi connectivity index (χ4n) is 1.28. The zero-order chi connectivity index (χ0) is 10.1. The Hall–Kier alpha value is -0.781. The van der Waals surface area contributed by atoms with Crippen molar-refractivity contribution < 1.29 is 17.1 Å². The molecule has 0 N–H and O–H groups in total. The molecular weight excluding hydrogens is 224 g/mol. The molecule has 0 saturated heterocycles. The fourth-order valence-corrected chi connectivity index (χ4v) is 1.28. The Balaban J connectivity index is 0.000000280. The summed E-state index contributed by atoms with van der Waals surface area (Å²) in [6.07, 6.45) is 3.87. The SMILES string of the molecule is CCCCc1ccc[cH-]1.[Fe+2].c1cc[cH-]c1. The van der Waals surface area contributed by atoms with Crippen LogP contribution in [0.1, 0.15) is 25.3 Å². The van der Waals surface area contributed by atoms with E-state index in [9.17, 15) is 0 Å². The third-order valence-electron chi connectivity index (χ3n) is 2.11. The van der Waals surface area contributed by atoms with E-state index in [4.69, 9.17) is 0 Å². The normalized spacial score (nSPS) is 8.60. The number of unbranched alkanes of at least 4 members (excludes halogenated alkanes) is 1. The first-order valence-corrected chi connectivity index (χ1v) is 5.30. The summed E-state index contributed by atoms with van der Waals surface area (Å²) in [5.74, 6) is 0. The number of hydrogen-bond donors (Lipinski definition) is 0. The number of hydrogen-bond acceptors (Lipinski definition) is 0. The van der Waals surface area contributed by atoms with Gasteiger partial charge in [-0.05, 0) is 0 Å². The second-order valence-electron chi connectivity index (χ2n) is 3.36. The Morgan fingerprint density at radius 3 is 2.20 bits per heavy atom. The van der Waals surface area contributed by atoms with Crippen molar-refractivity contribution >= 4 is 0 Å². The van der Waals surface area contributed by atoms with Crippen LogP contribution in [0.15, 0.2) is 54.6 Å². The smallest absolute Gasteiger partial charge is 0.214 e. The van der Waals surface area contributed by atoms with E-state index < -0.39 is 0 Å². The van der Waals surface area contributed by atoms with E-state index in [1.54, 1.807) is 0 Å². The zero-order valence-electron chi connectivity index (χ0n) is 9.17. The van der Waals surface area contributed by atoms with Crippen molar-refractivity contribution in [2.24, 2.45) is 0 Å². The summed E-state index contributed by atoms with van der Waals surface area (Å²) in [5.41, 5.74) is 1.48. The van der Waals surface area contributed by atoms with Gasteiger partial charge in [-0.1, -0.05) is 26.2 Å². The van der Waals surface area contributed by atoms with Gasteiger partial charge in [-0.15, -0.1) is 0 Å². The topological polar surface area (TPSA) is 0 Å². The van der Waals surface area contributed by atoms with Crippen molar-refractivity contribution in [3.05, 3.63) is 60.2 Å². The second kappa shape index (κ2) is 9.76. The van der Waals surface area contributed by atoms with Gasteiger partial charge in [-0.25, -0.2) is 24.3 Å². The van der Waals surface area contributed by atoms with Crippen molar-refractivity contribution in [1.29, 1.82) is 0 Å². The predicted molar refractivity (Wildman–Crippen MR) is 62.7 cm³/mol. The van der Waals surface area contributed by atoms with E-state index in [-0.39, 0.29) is 17.1 Å². The summed E-state index contributed by atoms with van der Waals surface area (Å²) in [6.45, 7) is 2.23. The quantitative estimate of drug-likeness (QED) is 0.560. The van der Waals surface area contributed by atoms with Crippen LogP contribution < -0.4 is 0 Å². The minimum Gasteiger partial charge on any atom is -0.214 e. The van der Waals surface area contributed by atoms with E-state index in [0.717, 1.165) is 0 Å². The zero-order valence-corrected chi connectivity index (χ0v) is 10.3. The van der Waals surface area contributed by atoms with Crippen LogP contribution in [0.3, 0.4) is 0 Å². The van der Waals surface area contributed by atoms with Gasteiger partial charge >= 0.3 is 17.1 Å². The first-order valence-electron chi connectivity index (χ1n) is 5.30. The Labute approximate surface area is 104 Å². The van der Waals surface area contributed by atoms with Gasteiger partial charge < -0.3 is 0 Å². The van der Waals surface area contributed by atoms with Gasteiger partial charge in [0.1, 0.15) is 0 Å². The molecule has 0 radical (unpaired) electrons. The second-order valence-corrected chi connectivity index (χ2v) is 3.36. The summed E-state index contributed by atoms with van der Waals surface area (Å²) < 4.78 is 0. The van der Waals surface area contributed by atoms with Crippen LogP contribution in [0.25, 0.3) is 0 Å². The van der Waals surface area contributed by atoms with Crippen LogP contribution >= 0.6 is 0 Å². The molecule has 0 spiro atoms. The molecule has 0 heterocycles. The largest absolute Gasteiger partial charge is 2.00 e. The Morgan fingerprint density at radius 2 is 1.80 bits per heavy atom. The van der Waals surface area contributed by atoms with Crippen molar-refractivity contribution in [2.45, 2.75) is 26.2 Å². The van der Waals surface area contributed by atoms with E-state index in [2.05, 4.69) is 31.2 Å². The van der Waals surface area contributed by atoms with E-state index >= 15 is 0 Å². The van der Waals surface area contributed by atoms with Gasteiger partial charge in [0.25, 0.3) is 0 Å². The number of rotatable bonds is 3. The van der Waals surface area contributed by atoms with Crippen LogP contribution in [0.2, 0.25) is 0 Å². The van der Waals surface area contributed by atoms with Crippen molar-refractivity contribution in [2.75, 3.05) is 0 Å². The molecule has 0 aliphatic heterocycles. The van der Waals surface area contributed by atoms with Gasteiger partial charge in [-0.2, -0.15) is 35.9 Å². The molecule has 1 heteroatoms. The monoisotopic (exact) mass is 242 g/mol. The molecule has 0 aliphatic rings. The van der Waals surface area contributed by atoms with E-state index in [1.165, 1.54) is 24.8 Å². The van der Waals surface area contributed by atoms with Crippen molar-refractivity contribution in [3.63, 3.8) is 0 Å². The molecule has 0 atom stereocenters. The van der Waals surface area contributed by atoms with Gasteiger partial charge in [0.2, 0.25) is 0 Å². The summed E-state index contributed by atoms with van der Waals surface area (Å²) in [5, 5.41) is 0. The first-order chi connectivity index (χ1) is 6.93. The minimum absolute atomic E-state index is 0. The molecule has 0 amide bonds. The maximum atomic E-state index is 2.23. The van der Waals surface area contributed by atoms with Crippen molar-refractivity contribution in [3.8, 4) is 0 Å². The van der Waals surface area contributed by atoms with Gasteiger partial charge in [0.05, 0.1) is 0 Å². The number of aryl methyl sites for hydroxylation is 1. The molecule has 0 aliphatic carbocycles. The van der Waals surface area contributed by atoms with Crippen molar-refractivity contribution in [1.82, 2.24) is 0 Å². The fraction of sp³-hybridized carbons (Fsp3) is 0.286. The third-order valence-corrected chi connectivity index (χ3v) is 2.11. The van der Waals surface area contributed by atoms with Crippen LogP contribution in [0.5, 0.6) is 0 Å². The van der Waals surface area contributed by atoms with Gasteiger partial charge in [0.15, 0.2) is 0 Å². The van der Waals surface area contributed by atoms with Crippen LogP contribution in [-0.4, -0.2) is 0 Å². The molecule has 0 saturated carbocycles. The molecule has 15 heavy (non-hydrogen) atoms. The summed E-state index contributed by atoms with van der Waals surface area (Å²) >= 11 is 0. The molecule has 2 aromatic carbocycles. The average molecular weight is 242 g/mol. The van der Waals surface area contributed by atoms with Crippen LogP contribution in [-0.2, 0) is 23.5 Å². The standard InChI is InChI=1S/C9H13.C5H5.Fe/c1-2-3-6-9-7-4-5-8-9;1-2-4-5-3-1;/h4-5,7-8H,2-3,6H2,1H3;1-5H;/q2*-1;+2. The molecule has 2 aromatic rings. The average Bonchev–Trinajstić information content (AvgIpc) is 2.90. The Kier molecular flexibility index (Phi) is 9.25. The molecule has 0 bridgehead atoms. The van der Waals surface area contributed by atoms with Crippen LogP contribution in [0, 0.1) is 0 Å². The summed E-state index contributed by atoms with van der Waals surface area (Å²) in [7, 11) is 0. The molecule has 0 nitrogen and oxygen atoms in total. The minimum atomic E-state index is 0. The molecule has 0 fully saturated rings. The Morgan fingerprint density at radius 1 is 1.07 bits per heavy atom. The van der Waals surface area contributed by atoms with Crippen LogP contribution in [0.4, 0.5) is 0 Å². The molecular formula is C14H18Fe. The Bertz CT molecular complexity index is 262. The molecule has 2 rings (SSSR count). The van der Waals surface area contributed by atoms with E-state index in [0.29, 0.717) is 0 Å². The summed E-state index contributed by atoms with van der Waals surface area (Å²) in [4.78, 5) is 0. The molecule has 82 valence electrons. The maximum Gasteiger partial charge on any atom is 2.00 e. The summed E-state index contributed by atoms with van der Waals surface area (Å²) in [6, 6.07) is 18.6. The third kappa shape index (κ3) is 7.18. The predicted octanol–water partition coefficient (Wildman–Crippen LogP) is 4.15. The van der Waals surface area contributed by atoms with Gasteiger partial charge in [-0.3, -0.25) is 0 Å². The van der Waals surface area contributed by atoms with E-state index in [1.807, 2.05) is 30.3 Å². The maximum absolute atomic E-state index is 2.23. The molecule has 0 aromatic heterocycles. The first kappa shape index (κ1) is 14.2. The van der Waals surface area contributed by atoms with Gasteiger partial charge in [0, 0.05) is 0 Å².